The van der Waals surface area contributed by atoms with Crippen molar-refractivity contribution >= 4 is 64.1 Å². The molecule has 0 fully saturated rings. The number of hydrogen-bond donors (Lipinski definition) is 3. The van der Waals surface area contributed by atoms with Gasteiger partial charge in [0.05, 0.1) is 27.8 Å². The summed E-state index contributed by atoms with van der Waals surface area (Å²) in [4.78, 5) is 37.3. The van der Waals surface area contributed by atoms with Gasteiger partial charge in [0.2, 0.25) is 11.8 Å². The third kappa shape index (κ3) is 6.28. The average molecular weight is 493 g/mol. The molecular formula is C23H22Cl2N2O4S. The molecule has 3 N–H and O–H groups in total. The second-order valence-corrected chi connectivity index (χ2v) is 9.64. The van der Waals surface area contributed by atoms with Crippen molar-refractivity contribution in [3.8, 4) is 0 Å². The normalized spacial score (nSPS) is 18.6. The zero-order valence-electron chi connectivity index (χ0n) is 17.2. The lowest BCUT2D eigenvalue weighted by Crippen LogP contribution is -2.34. The number of hydrogen-bond acceptors (Lipinski definition) is 4. The smallest absolute Gasteiger partial charge is 0.307 e. The number of benzene rings is 2. The summed E-state index contributed by atoms with van der Waals surface area (Å²) in [6, 6.07) is 11.9. The zero-order valence-corrected chi connectivity index (χ0v) is 19.5. The Morgan fingerprint density at radius 2 is 1.66 bits per heavy atom. The van der Waals surface area contributed by atoms with E-state index in [0.717, 1.165) is 4.90 Å². The van der Waals surface area contributed by atoms with Crippen molar-refractivity contribution in [1.29, 1.82) is 0 Å². The molecule has 32 heavy (non-hydrogen) atoms. The molecule has 3 unspecified atom stereocenters. The number of halogens is 2. The predicted octanol–water partition coefficient (Wildman–Crippen LogP) is 5.72. The highest BCUT2D eigenvalue weighted by Gasteiger charge is 2.33. The Balaban J connectivity index is 1.56. The van der Waals surface area contributed by atoms with Crippen molar-refractivity contribution in [2.75, 3.05) is 10.6 Å². The van der Waals surface area contributed by atoms with E-state index in [1.165, 1.54) is 11.8 Å². The van der Waals surface area contributed by atoms with Gasteiger partial charge in [0.1, 0.15) is 0 Å². The summed E-state index contributed by atoms with van der Waals surface area (Å²) < 4.78 is 0. The van der Waals surface area contributed by atoms with Crippen LogP contribution < -0.4 is 10.6 Å². The summed E-state index contributed by atoms with van der Waals surface area (Å²) in [5, 5.41) is 15.4. The minimum absolute atomic E-state index is 0.207. The topological polar surface area (TPSA) is 95.5 Å². The lowest BCUT2D eigenvalue weighted by molar-refractivity contribution is -0.146. The van der Waals surface area contributed by atoms with Crippen LogP contribution in [-0.4, -0.2) is 28.1 Å². The molecule has 0 aromatic heterocycles. The van der Waals surface area contributed by atoms with Crippen molar-refractivity contribution in [3.05, 3.63) is 64.7 Å². The minimum atomic E-state index is -0.964. The van der Waals surface area contributed by atoms with E-state index in [1.807, 2.05) is 6.08 Å². The molecule has 0 bridgehead atoms. The molecule has 0 saturated heterocycles. The summed E-state index contributed by atoms with van der Waals surface area (Å²) in [6.07, 6.45) is 4.39. The summed E-state index contributed by atoms with van der Waals surface area (Å²) in [5.41, 5.74) is 1.06. The third-order valence-corrected chi connectivity index (χ3v) is 6.74. The van der Waals surface area contributed by atoms with Crippen LogP contribution in [0.25, 0.3) is 0 Å². The number of carboxylic acids is 1. The van der Waals surface area contributed by atoms with E-state index >= 15 is 0 Å². The van der Waals surface area contributed by atoms with E-state index in [-0.39, 0.29) is 11.8 Å². The Morgan fingerprint density at radius 1 is 1.00 bits per heavy atom. The van der Waals surface area contributed by atoms with E-state index in [1.54, 1.807) is 55.5 Å². The van der Waals surface area contributed by atoms with Crippen LogP contribution in [0.5, 0.6) is 0 Å². The van der Waals surface area contributed by atoms with Crippen LogP contribution in [0.3, 0.4) is 0 Å². The second-order valence-electron chi connectivity index (χ2n) is 7.38. The van der Waals surface area contributed by atoms with Crippen LogP contribution in [0.1, 0.15) is 19.8 Å². The molecule has 2 aromatic carbocycles. The number of amides is 2. The van der Waals surface area contributed by atoms with E-state index in [4.69, 9.17) is 23.2 Å². The lowest BCUT2D eigenvalue weighted by atomic mass is 9.82. The quantitative estimate of drug-likeness (QED) is 0.339. The molecule has 168 valence electrons. The summed E-state index contributed by atoms with van der Waals surface area (Å²) in [5.74, 6) is -2.80. The van der Waals surface area contributed by atoms with Gasteiger partial charge in [-0.1, -0.05) is 35.4 Å². The van der Waals surface area contributed by atoms with Crippen molar-refractivity contribution in [2.24, 2.45) is 11.8 Å². The molecule has 0 aliphatic heterocycles. The number of rotatable bonds is 7. The molecule has 1 aliphatic rings. The van der Waals surface area contributed by atoms with Crippen molar-refractivity contribution in [3.63, 3.8) is 0 Å². The van der Waals surface area contributed by atoms with E-state index in [9.17, 15) is 19.5 Å². The van der Waals surface area contributed by atoms with Gasteiger partial charge in [-0.2, -0.15) is 0 Å². The van der Waals surface area contributed by atoms with Gasteiger partial charge in [0, 0.05) is 15.6 Å². The first kappa shape index (κ1) is 24.2. The molecule has 0 spiro atoms. The molecule has 9 heteroatoms. The standard InChI is InChI=1S/C23H22Cl2N2O4S/c1-13(21(28)27-20-11-6-14(24)12-19(20)25)32-16-9-7-15(8-10-16)26-22(29)17-4-2-3-5-18(17)23(30)31/h2-3,6-13,17-18H,4-5H2,1H3,(H,26,29)(H,27,28)(H,30,31). The molecule has 3 rings (SSSR count). The van der Waals surface area contributed by atoms with Crippen LogP contribution in [0.2, 0.25) is 10.0 Å². The first-order valence-electron chi connectivity index (χ1n) is 9.96. The Labute approximate surface area is 200 Å². The molecule has 1 aliphatic carbocycles. The van der Waals surface area contributed by atoms with Gasteiger partial charge >= 0.3 is 5.97 Å². The molecule has 0 saturated carbocycles. The van der Waals surface area contributed by atoms with E-state index in [0.29, 0.717) is 34.3 Å². The van der Waals surface area contributed by atoms with E-state index < -0.39 is 23.1 Å². The van der Waals surface area contributed by atoms with Crippen molar-refractivity contribution < 1.29 is 19.5 Å². The first-order valence-corrected chi connectivity index (χ1v) is 11.6. The molecule has 3 atom stereocenters. The molecule has 0 radical (unpaired) electrons. The van der Waals surface area contributed by atoms with Crippen LogP contribution in [0, 0.1) is 11.8 Å². The van der Waals surface area contributed by atoms with Crippen LogP contribution in [0.15, 0.2) is 59.5 Å². The average Bonchev–Trinajstić information content (AvgIpc) is 2.76. The largest absolute Gasteiger partial charge is 0.481 e. The van der Waals surface area contributed by atoms with Gasteiger partial charge < -0.3 is 15.7 Å². The number of anilines is 2. The van der Waals surface area contributed by atoms with Crippen molar-refractivity contribution in [2.45, 2.75) is 29.9 Å². The van der Waals surface area contributed by atoms with Gasteiger partial charge in [-0.05, 0) is 62.2 Å². The number of carbonyl (C=O) groups is 3. The third-order valence-electron chi connectivity index (χ3n) is 5.08. The fraction of sp³-hybridized carbons (Fsp3) is 0.261. The minimum Gasteiger partial charge on any atom is -0.481 e. The number of nitrogens with one attached hydrogen (secondary N) is 2. The monoisotopic (exact) mass is 492 g/mol. The number of thioether (sulfide) groups is 1. The summed E-state index contributed by atoms with van der Waals surface area (Å²) >= 11 is 13.3. The van der Waals surface area contributed by atoms with Gasteiger partial charge in [0.25, 0.3) is 0 Å². The maximum absolute atomic E-state index is 12.6. The molecule has 2 amide bonds. The lowest BCUT2D eigenvalue weighted by Gasteiger charge is -2.24. The molecule has 2 aromatic rings. The Kier molecular flexibility index (Phi) is 8.23. The fourth-order valence-electron chi connectivity index (χ4n) is 3.31. The van der Waals surface area contributed by atoms with Crippen LogP contribution >= 0.6 is 35.0 Å². The maximum atomic E-state index is 12.6. The number of carboxylic acid groups (broad SMARTS) is 1. The Hall–Kier alpha value is -2.48. The Bertz CT molecular complexity index is 1040. The first-order chi connectivity index (χ1) is 15.2. The second kappa shape index (κ2) is 10.9. The van der Waals surface area contributed by atoms with Gasteiger partial charge in [0.15, 0.2) is 0 Å². The SMILES string of the molecule is CC(Sc1ccc(NC(=O)C2CC=CCC2C(=O)O)cc1)C(=O)Nc1ccc(Cl)cc1Cl. The Morgan fingerprint density at radius 3 is 2.28 bits per heavy atom. The fourth-order valence-corrected chi connectivity index (χ4v) is 4.63. The van der Waals surface area contributed by atoms with Crippen LogP contribution in [0.4, 0.5) is 11.4 Å². The number of allylic oxidation sites excluding steroid dienone is 2. The van der Waals surface area contributed by atoms with Gasteiger partial charge in [-0.25, -0.2) is 0 Å². The van der Waals surface area contributed by atoms with Gasteiger partial charge in [-0.3, -0.25) is 14.4 Å². The number of aliphatic carboxylic acids is 1. The van der Waals surface area contributed by atoms with Crippen LogP contribution in [-0.2, 0) is 14.4 Å². The summed E-state index contributed by atoms with van der Waals surface area (Å²) in [7, 11) is 0. The molecule has 0 heterocycles. The molecular weight excluding hydrogens is 471 g/mol. The highest BCUT2D eigenvalue weighted by Crippen LogP contribution is 2.30. The van der Waals surface area contributed by atoms with Crippen molar-refractivity contribution in [1.82, 2.24) is 0 Å². The highest BCUT2D eigenvalue weighted by atomic mass is 35.5. The maximum Gasteiger partial charge on any atom is 0.307 e. The highest BCUT2D eigenvalue weighted by molar-refractivity contribution is 8.00. The van der Waals surface area contributed by atoms with Gasteiger partial charge in [-0.15, -0.1) is 11.8 Å². The van der Waals surface area contributed by atoms with E-state index in [2.05, 4.69) is 10.6 Å². The zero-order chi connectivity index (χ0) is 23.3. The predicted molar refractivity (Wildman–Crippen MR) is 128 cm³/mol. The molecule has 6 nitrogen and oxygen atoms in total. The summed E-state index contributed by atoms with van der Waals surface area (Å²) in [6.45, 7) is 1.78. The number of carbonyl (C=O) groups excluding carboxylic acids is 2.